The zero-order valence-electron chi connectivity index (χ0n) is 14.4. The average Bonchev–Trinajstić information content (AvgIpc) is 3.10. The monoisotopic (exact) mass is 384 g/mol. The summed E-state index contributed by atoms with van der Waals surface area (Å²) >= 11 is 0. The number of aliphatic carboxylic acids is 1. The second-order valence-corrected chi connectivity index (χ2v) is 9.13. The Morgan fingerprint density at radius 3 is 2.77 bits per heavy atom. The molecule has 0 unspecified atom stereocenters. The van der Waals surface area contributed by atoms with E-state index < -0.39 is 33.1 Å². The molecule has 0 radical (unpaired) electrons. The maximum absolute atomic E-state index is 13.9. The Kier molecular flexibility index (Phi) is 4.68. The van der Waals surface area contributed by atoms with Crippen LogP contribution in [0, 0.1) is 17.2 Å². The van der Waals surface area contributed by atoms with Crippen LogP contribution in [0.25, 0.3) is 0 Å². The topological polar surface area (TPSA) is 104 Å². The van der Waals surface area contributed by atoms with E-state index in [1.54, 1.807) is 0 Å². The molecule has 2 N–H and O–H groups in total. The van der Waals surface area contributed by atoms with Gasteiger partial charge in [0.15, 0.2) is 9.84 Å². The predicted octanol–water partition coefficient (Wildman–Crippen LogP) is 1.63. The first-order valence-corrected chi connectivity index (χ1v) is 10.3. The smallest absolute Gasteiger partial charge is 0.317 e. The largest absolute Gasteiger partial charge is 0.481 e. The van der Waals surface area contributed by atoms with E-state index >= 15 is 0 Å². The van der Waals surface area contributed by atoms with E-state index in [0.29, 0.717) is 13.0 Å². The molecule has 2 aliphatic rings. The summed E-state index contributed by atoms with van der Waals surface area (Å²) in [7, 11) is -3.48. The summed E-state index contributed by atoms with van der Waals surface area (Å²) in [5.74, 6) is -1.55. The van der Waals surface area contributed by atoms with E-state index in [2.05, 4.69) is 5.32 Å². The van der Waals surface area contributed by atoms with Gasteiger partial charge >= 0.3 is 12.0 Å². The number of hydrogen-bond acceptors (Lipinski definition) is 4. The lowest BCUT2D eigenvalue weighted by molar-refractivity contribution is -0.149. The van der Waals surface area contributed by atoms with Gasteiger partial charge in [0.25, 0.3) is 0 Å². The molecule has 0 aromatic heterocycles. The summed E-state index contributed by atoms with van der Waals surface area (Å²) in [6.45, 7) is 0.337. The standard InChI is InChI=1S/C17H21FN2O5S/c1-26(24,25)13-4-5-14(18)11(7-13)8-19-16(23)20-9-12-3-2-6-17(12,10-20)15(21)22/h4-5,7,12H,2-3,6,8-10H2,1H3,(H,19,23)(H,21,22)/t12-,17+/m0/s1. The van der Waals surface area contributed by atoms with Crippen molar-refractivity contribution >= 4 is 21.8 Å². The number of carbonyl (C=O) groups excluding carboxylic acids is 1. The van der Waals surface area contributed by atoms with Gasteiger partial charge in [-0.15, -0.1) is 0 Å². The van der Waals surface area contributed by atoms with Gasteiger partial charge in [0, 0.05) is 31.5 Å². The molecule has 142 valence electrons. The normalized spacial score (nSPS) is 25.2. The maximum atomic E-state index is 13.9. The molecule has 3 rings (SSSR count). The Balaban J connectivity index is 1.68. The number of carboxylic acid groups (broad SMARTS) is 1. The number of nitrogens with zero attached hydrogens (tertiary/aromatic N) is 1. The molecular weight excluding hydrogens is 363 g/mol. The number of sulfone groups is 1. The number of hydrogen-bond donors (Lipinski definition) is 2. The Morgan fingerprint density at radius 1 is 1.42 bits per heavy atom. The first-order valence-electron chi connectivity index (χ1n) is 8.38. The van der Waals surface area contributed by atoms with Gasteiger partial charge in [0.05, 0.1) is 10.3 Å². The van der Waals surface area contributed by atoms with Crippen molar-refractivity contribution in [2.75, 3.05) is 19.3 Å². The van der Waals surface area contributed by atoms with Crippen molar-refractivity contribution in [3.05, 3.63) is 29.6 Å². The number of nitrogens with one attached hydrogen (secondary N) is 1. The average molecular weight is 384 g/mol. The number of halogens is 1. The molecule has 1 heterocycles. The SMILES string of the molecule is CS(=O)(=O)c1ccc(F)c(CNC(=O)N2C[C@@H]3CCC[C@@]3(C(=O)O)C2)c1. The van der Waals surface area contributed by atoms with Crippen LogP contribution in [0.1, 0.15) is 24.8 Å². The van der Waals surface area contributed by atoms with Crippen LogP contribution in [-0.4, -0.2) is 49.8 Å². The lowest BCUT2D eigenvalue weighted by Crippen LogP contribution is -2.41. The van der Waals surface area contributed by atoms with Crippen LogP contribution in [-0.2, 0) is 21.2 Å². The van der Waals surface area contributed by atoms with E-state index in [-0.39, 0.29) is 29.5 Å². The quantitative estimate of drug-likeness (QED) is 0.768. The second-order valence-electron chi connectivity index (χ2n) is 7.12. The van der Waals surface area contributed by atoms with Crippen molar-refractivity contribution in [3.63, 3.8) is 0 Å². The highest BCUT2D eigenvalue weighted by Crippen LogP contribution is 2.48. The minimum Gasteiger partial charge on any atom is -0.481 e. The van der Waals surface area contributed by atoms with Crippen molar-refractivity contribution in [2.45, 2.75) is 30.7 Å². The summed E-state index contributed by atoms with van der Waals surface area (Å²) in [5, 5.41) is 12.1. The van der Waals surface area contributed by atoms with Crippen LogP contribution < -0.4 is 5.32 Å². The lowest BCUT2D eigenvalue weighted by atomic mass is 9.81. The molecule has 0 spiro atoms. The van der Waals surface area contributed by atoms with Crippen molar-refractivity contribution in [1.29, 1.82) is 0 Å². The Hall–Kier alpha value is -2.16. The molecule has 2 fully saturated rings. The molecule has 0 bridgehead atoms. The highest BCUT2D eigenvalue weighted by molar-refractivity contribution is 7.90. The number of urea groups is 1. The van der Waals surface area contributed by atoms with E-state index in [4.69, 9.17) is 0 Å². The second kappa shape index (κ2) is 6.53. The number of carbonyl (C=O) groups is 2. The molecule has 1 aromatic carbocycles. The fourth-order valence-corrected chi connectivity index (χ4v) is 4.67. The van der Waals surface area contributed by atoms with Crippen LogP contribution in [0.3, 0.4) is 0 Å². The Morgan fingerprint density at radius 2 is 2.15 bits per heavy atom. The molecule has 9 heteroatoms. The highest BCUT2D eigenvalue weighted by Gasteiger charge is 2.55. The Bertz CT molecular complexity index is 857. The minimum atomic E-state index is -3.48. The summed E-state index contributed by atoms with van der Waals surface area (Å²) in [5.41, 5.74) is -0.813. The van der Waals surface area contributed by atoms with Gasteiger partial charge in [-0.05, 0) is 37.0 Å². The molecule has 1 aliphatic carbocycles. The summed E-state index contributed by atoms with van der Waals surface area (Å²) < 4.78 is 37.1. The summed E-state index contributed by atoms with van der Waals surface area (Å²) in [4.78, 5) is 25.5. The van der Waals surface area contributed by atoms with Gasteiger partial charge in [0.2, 0.25) is 0 Å². The molecule has 1 aliphatic heterocycles. The number of likely N-dealkylation sites (tertiary alicyclic amines) is 1. The van der Waals surface area contributed by atoms with E-state index in [9.17, 15) is 27.5 Å². The van der Waals surface area contributed by atoms with Crippen LogP contribution in [0.4, 0.5) is 9.18 Å². The van der Waals surface area contributed by atoms with Gasteiger partial charge in [-0.3, -0.25) is 4.79 Å². The third-order valence-corrected chi connectivity index (χ3v) is 6.57. The van der Waals surface area contributed by atoms with Crippen molar-refractivity contribution in [2.24, 2.45) is 11.3 Å². The Labute approximate surface area is 151 Å². The van der Waals surface area contributed by atoms with Crippen molar-refractivity contribution in [1.82, 2.24) is 10.2 Å². The number of benzene rings is 1. The third-order valence-electron chi connectivity index (χ3n) is 5.46. The third kappa shape index (κ3) is 3.27. The number of carboxylic acids is 1. The van der Waals surface area contributed by atoms with Crippen molar-refractivity contribution in [3.8, 4) is 0 Å². The fourth-order valence-electron chi connectivity index (χ4n) is 3.99. The minimum absolute atomic E-state index is 0.0244. The first kappa shape index (κ1) is 18.6. The number of rotatable bonds is 4. The van der Waals surface area contributed by atoms with E-state index in [0.717, 1.165) is 25.2 Å². The molecule has 1 saturated carbocycles. The summed E-state index contributed by atoms with van der Waals surface area (Å²) in [6, 6.07) is 2.96. The highest BCUT2D eigenvalue weighted by atomic mass is 32.2. The van der Waals surface area contributed by atoms with Crippen LogP contribution in [0.15, 0.2) is 23.1 Å². The molecule has 2 amide bonds. The maximum Gasteiger partial charge on any atom is 0.317 e. The van der Waals surface area contributed by atoms with Crippen molar-refractivity contribution < 1.29 is 27.5 Å². The molecule has 7 nitrogen and oxygen atoms in total. The molecule has 26 heavy (non-hydrogen) atoms. The van der Waals surface area contributed by atoms with E-state index in [1.165, 1.54) is 17.0 Å². The lowest BCUT2D eigenvalue weighted by Gasteiger charge is -2.23. The van der Waals surface area contributed by atoms with Gasteiger partial charge in [-0.2, -0.15) is 0 Å². The van der Waals surface area contributed by atoms with Gasteiger partial charge in [-0.25, -0.2) is 17.6 Å². The predicted molar refractivity (Wildman–Crippen MR) is 90.7 cm³/mol. The molecule has 1 saturated heterocycles. The zero-order valence-corrected chi connectivity index (χ0v) is 15.2. The molecule has 2 atom stereocenters. The van der Waals surface area contributed by atoms with Gasteiger partial charge < -0.3 is 15.3 Å². The molecular formula is C17H21FN2O5S. The number of amides is 2. The first-order chi connectivity index (χ1) is 12.1. The fraction of sp³-hybridized carbons (Fsp3) is 0.529. The van der Waals surface area contributed by atoms with Crippen LogP contribution in [0.5, 0.6) is 0 Å². The van der Waals surface area contributed by atoms with E-state index in [1.807, 2.05) is 0 Å². The zero-order chi connectivity index (χ0) is 19.1. The summed E-state index contributed by atoms with van der Waals surface area (Å²) in [6.07, 6.45) is 3.20. The molecule has 1 aromatic rings. The van der Waals surface area contributed by atoms with Gasteiger partial charge in [0.1, 0.15) is 5.82 Å². The number of fused-ring (bicyclic) bond motifs is 1. The van der Waals surface area contributed by atoms with Crippen LogP contribution in [0.2, 0.25) is 0 Å². The van der Waals surface area contributed by atoms with Crippen LogP contribution >= 0.6 is 0 Å². The van der Waals surface area contributed by atoms with Gasteiger partial charge in [-0.1, -0.05) is 6.42 Å².